The average molecular weight is 493 g/mol. The summed E-state index contributed by atoms with van der Waals surface area (Å²) in [5.74, 6) is 0. The minimum atomic E-state index is -0.298. The quantitative estimate of drug-likeness (QED) is 0.390. The summed E-state index contributed by atoms with van der Waals surface area (Å²) < 4.78 is 12.4. The van der Waals surface area contributed by atoms with Crippen LogP contribution in [-0.4, -0.2) is 33.2 Å². The topological polar surface area (TPSA) is 38.8 Å². The van der Waals surface area contributed by atoms with Crippen LogP contribution in [-0.2, 0) is 22.6 Å². The van der Waals surface area contributed by atoms with Crippen LogP contribution in [0.1, 0.15) is 37.8 Å². The van der Waals surface area contributed by atoms with Crippen molar-refractivity contribution in [2.24, 2.45) is 0 Å². The number of nitrogens with zero attached hydrogens (tertiary/aromatic N) is 1. The second-order valence-electron chi connectivity index (χ2n) is 7.37. The molecule has 150 valence electrons. The van der Waals surface area contributed by atoms with E-state index in [1.807, 2.05) is 65.6 Å². The average Bonchev–Trinajstić information content (AvgIpc) is 2.73. The van der Waals surface area contributed by atoms with Crippen molar-refractivity contribution in [3.05, 3.63) is 71.8 Å². The second kappa shape index (κ2) is 10.3. The molecule has 1 heterocycles. The van der Waals surface area contributed by atoms with Gasteiger partial charge in [0.05, 0.1) is 18.2 Å². The van der Waals surface area contributed by atoms with E-state index in [1.54, 1.807) is 0 Å². The molecule has 0 aliphatic carbocycles. The highest BCUT2D eigenvalue weighted by Gasteiger charge is 2.34. The molecule has 4 atom stereocenters. The first kappa shape index (κ1) is 21.1. The maximum Gasteiger partial charge on any atom is 0.410 e. The number of amides is 1. The summed E-state index contributed by atoms with van der Waals surface area (Å²) in [4.78, 5) is 14.8. The van der Waals surface area contributed by atoms with Crippen molar-refractivity contribution in [1.29, 1.82) is 0 Å². The number of hydrogen-bond acceptors (Lipinski definition) is 3. The Kier molecular flexibility index (Phi) is 7.73. The minimum absolute atomic E-state index is 0.0222. The fourth-order valence-corrected chi connectivity index (χ4v) is 4.03. The van der Waals surface area contributed by atoms with Gasteiger partial charge in [-0.2, -0.15) is 0 Å². The predicted molar refractivity (Wildman–Crippen MR) is 119 cm³/mol. The molecule has 0 aromatic heterocycles. The van der Waals surface area contributed by atoms with Gasteiger partial charge in [-0.15, -0.1) is 0 Å². The normalized spacial score (nSPS) is 23.0. The van der Waals surface area contributed by atoms with Crippen molar-refractivity contribution in [3.63, 3.8) is 0 Å². The standard InChI is InChI=1S/C23H28INO3/c1-17(22-14-13-21(24)18(2)28-22)25(15-19-9-5-3-6-10-19)23(26)27-16-20-11-7-4-8-12-20/h3-12,17-18,21-22H,13-16H2,1-2H3/t17-,18?,21?,22+/m1/s1. The van der Waals surface area contributed by atoms with Crippen LogP contribution in [0, 0.1) is 0 Å². The summed E-state index contributed by atoms with van der Waals surface area (Å²) >= 11 is 2.46. The van der Waals surface area contributed by atoms with E-state index >= 15 is 0 Å². The Morgan fingerprint density at radius 1 is 1.11 bits per heavy atom. The molecule has 2 aromatic carbocycles. The lowest BCUT2D eigenvalue weighted by Gasteiger charge is -2.39. The van der Waals surface area contributed by atoms with Crippen LogP contribution >= 0.6 is 22.6 Å². The van der Waals surface area contributed by atoms with E-state index in [0.29, 0.717) is 10.5 Å². The van der Waals surface area contributed by atoms with Gasteiger partial charge in [-0.3, -0.25) is 4.90 Å². The molecule has 2 unspecified atom stereocenters. The summed E-state index contributed by atoms with van der Waals surface area (Å²) in [5.41, 5.74) is 2.07. The summed E-state index contributed by atoms with van der Waals surface area (Å²) in [6.07, 6.45) is 1.98. The largest absolute Gasteiger partial charge is 0.445 e. The molecule has 0 bridgehead atoms. The van der Waals surface area contributed by atoms with Crippen molar-refractivity contribution >= 4 is 28.7 Å². The molecule has 1 aliphatic rings. The lowest BCUT2D eigenvalue weighted by molar-refractivity contribution is -0.0716. The molecule has 1 aliphatic heterocycles. The molecule has 0 N–H and O–H groups in total. The molecule has 1 saturated heterocycles. The summed E-state index contributed by atoms with van der Waals surface area (Å²) in [6, 6.07) is 19.8. The smallest absolute Gasteiger partial charge is 0.410 e. The highest BCUT2D eigenvalue weighted by atomic mass is 127. The molecule has 2 aromatic rings. The van der Waals surface area contributed by atoms with Gasteiger partial charge >= 0.3 is 6.09 Å². The second-order valence-corrected chi connectivity index (χ2v) is 8.97. The number of benzene rings is 2. The Labute approximate surface area is 181 Å². The third kappa shape index (κ3) is 5.70. The Hall–Kier alpha value is -1.60. The van der Waals surface area contributed by atoms with E-state index < -0.39 is 0 Å². The van der Waals surface area contributed by atoms with E-state index in [-0.39, 0.29) is 30.9 Å². The molecule has 28 heavy (non-hydrogen) atoms. The Morgan fingerprint density at radius 3 is 2.32 bits per heavy atom. The number of rotatable bonds is 6. The monoisotopic (exact) mass is 493 g/mol. The summed E-state index contributed by atoms with van der Waals surface area (Å²) in [6.45, 7) is 4.97. The number of halogens is 1. The third-order valence-corrected chi connectivity index (χ3v) is 6.93. The molecule has 0 radical (unpaired) electrons. The maximum atomic E-state index is 13.0. The fraction of sp³-hybridized carbons (Fsp3) is 0.435. The van der Waals surface area contributed by atoms with E-state index in [0.717, 1.165) is 24.0 Å². The number of ether oxygens (including phenoxy) is 2. The number of carbonyl (C=O) groups is 1. The van der Waals surface area contributed by atoms with Gasteiger partial charge in [0.25, 0.3) is 0 Å². The number of alkyl halides is 1. The molecule has 0 spiro atoms. The first-order chi connectivity index (χ1) is 13.5. The predicted octanol–water partition coefficient (Wildman–Crippen LogP) is 5.59. The Morgan fingerprint density at radius 2 is 1.71 bits per heavy atom. The molecule has 5 heteroatoms. The highest BCUT2D eigenvalue weighted by molar-refractivity contribution is 14.1. The molecular formula is C23H28INO3. The van der Waals surface area contributed by atoms with E-state index in [2.05, 4.69) is 36.4 Å². The van der Waals surface area contributed by atoms with Gasteiger partial charge in [-0.05, 0) is 37.8 Å². The van der Waals surface area contributed by atoms with Crippen LogP contribution in [0.2, 0.25) is 0 Å². The first-order valence-corrected chi connectivity index (χ1v) is 11.1. The summed E-state index contributed by atoms with van der Waals surface area (Å²) in [7, 11) is 0. The van der Waals surface area contributed by atoms with Crippen LogP contribution in [0.25, 0.3) is 0 Å². The van der Waals surface area contributed by atoms with Gasteiger partial charge in [0.2, 0.25) is 0 Å². The van der Waals surface area contributed by atoms with Gasteiger partial charge in [-0.25, -0.2) is 4.79 Å². The lowest BCUT2D eigenvalue weighted by Crippen LogP contribution is -2.49. The van der Waals surface area contributed by atoms with Crippen LogP contribution < -0.4 is 0 Å². The highest BCUT2D eigenvalue weighted by Crippen LogP contribution is 2.29. The van der Waals surface area contributed by atoms with Gasteiger partial charge in [0.1, 0.15) is 6.61 Å². The molecule has 3 rings (SSSR count). The Bertz CT molecular complexity index is 740. The molecule has 1 fully saturated rings. The van der Waals surface area contributed by atoms with Crippen molar-refractivity contribution in [2.75, 3.05) is 0 Å². The van der Waals surface area contributed by atoms with Crippen molar-refractivity contribution < 1.29 is 14.3 Å². The SMILES string of the molecule is CC1O[C@H]([C@@H](C)N(Cc2ccccc2)C(=O)OCc2ccccc2)CCC1I. The molecular weight excluding hydrogens is 465 g/mol. The zero-order valence-corrected chi connectivity index (χ0v) is 18.6. The zero-order chi connectivity index (χ0) is 19.9. The number of carbonyl (C=O) groups excluding carboxylic acids is 1. The van der Waals surface area contributed by atoms with Crippen molar-refractivity contribution in [2.45, 2.75) is 62.0 Å². The van der Waals surface area contributed by atoms with E-state index in [4.69, 9.17) is 9.47 Å². The minimum Gasteiger partial charge on any atom is -0.445 e. The molecule has 0 saturated carbocycles. The molecule has 4 nitrogen and oxygen atoms in total. The van der Waals surface area contributed by atoms with E-state index in [1.165, 1.54) is 0 Å². The van der Waals surface area contributed by atoms with Crippen molar-refractivity contribution in [3.8, 4) is 0 Å². The number of hydrogen-bond donors (Lipinski definition) is 0. The zero-order valence-electron chi connectivity index (χ0n) is 16.5. The fourth-order valence-electron chi connectivity index (χ4n) is 3.50. The van der Waals surface area contributed by atoms with Crippen molar-refractivity contribution in [1.82, 2.24) is 4.90 Å². The summed E-state index contributed by atoms with van der Waals surface area (Å²) in [5, 5.41) is 0. The molecule has 1 amide bonds. The Balaban J connectivity index is 1.71. The van der Waals surface area contributed by atoms with Crippen LogP contribution in [0.15, 0.2) is 60.7 Å². The van der Waals surface area contributed by atoms with Crippen LogP contribution in [0.3, 0.4) is 0 Å². The van der Waals surface area contributed by atoms with Gasteiger partial charge in [0.15, 0.2) is 0 Å². The third-order valence-electron chi connectivity index (χ3n) is 5.29. The van der Waals surface area contributed by atoms with Crippen LogP contribution in [0.5, 0.6) is 0 Å². The van der Waals surface area contributed by atoms with E-state index in [9.17, 15) is 4.79 Å². The van der Waals surface area contributed by atoms with Crippen LogP contribution in [0.4, 0.5) is 4.79 Å². The van der Waals surface area contributed by atoms with Gasteiger partial charge in [0, 0.05) is 10.5 Å². The van der Waals surface area contributed by atoms with Gasteiger partial charge < -0.3 is 9.47 Å². The maximum absolute atomic E-state index is 13.0. The van der Waals surface area contributed by atoms with Gasteiger partial charge in [-0.1, -0.05) is 83.3 Å². The first-order valence-electron chi connectivity index (χ1n) is 9.85. The lowest BCUT2D eigenvalue weighted by atomic mass is 9.99.